The average molecular weight is 585 g/mol. The molecule has 166 valence electrons. The summed E-state index contributed by atoms with van der Waals surface area (Å²) >= 11 is 12.3. The van der Waals surface area contributed by atoms with Crippen LogP contribution in [0.3, 0.4) is 0 Å². The first-order chi connectivity index (χ1) is 16.0. The number of carbonyl (C=O) groups excluding carboxylic acids is 1. The number of rotatable bonds is 6. The Morgan fingerprint density at radius 2 is 1.55 bits per heavy atom. The summed E-state index contributed by atoms with van der Waals surface area (Å²) in [6.45, 7) is -0.164. The molecule has 0 aliphatic heterocycles. The third-order valence-corrected chi connectivity index (χ3v) is 6.21. The van der Waals surface area contributed by atoms with Crippen molar-refractivity contribution in [3.8, 4) is 5.75 Å². The van der Waals surface area contributed by atoms with E-state index >= 15 is 0 Å². The number of carbonyl (C=O) groups is 1. The van der Waals surface area contributed by atoms with Gasteiger partial charge in [-0.15, -0.1) is 0 Å². The minimum Gasteiger partial charge on any atom is -0.483 e. The third kappa shape index (κ3) is 6.31. The van der Waals surface area contributed by atoms with Crippen molar-refractivity contribution in [1.82, 2.24) is 5.32 Å². The maximum absolute atomic E-state index is 12.3. The Balaban J connectivity index is 1.28. The fourth-order valence-corrected chi connectivity index (χ4v) is 4.37. The van der Waals surface area contributed by atoms with E-state index in [-0.39, 0.29) is 17.6 Å². The van der Waals surface area contributed by atoms with Crippen LogP contribution in [-0.2, 0) is 4.79 Å². The summed E-state index contributed by atoms with van der Waals surface area (Å²) in [7, 11) is 0. The number of fused-ring (bicyclic) bond motifs is 1. The number of amides is 1. The molecule has 33 heavy (non-hydrogen) atoms. The highest BCUT2D eigenvalue weighted by atomic mass is 79.9. The van der Waals surface area contributed by atoms with Crippen molar-refractivity contribution in [3.05, 3.63) is 93.9 Å². The summed E-state index contributed by atoms with van der Waals surface area (Å²) in [5.74, 6) is 0.234. The van der Waals surface area contributed by atoms with E-state index in [0.717, 1.165) is 36.8 Å². The summed E-state index contributed by atoms with van der Waals surface area (Å²) in [5, 5.41) is 11.2. The topological polar surface area (TPSA) is 62.4 Å². The fourth-order valence-electron chi connectivity index (χ4n) is 3.15. The number of para-hydroxylation sites is 1. The quantitative estimate of drug-likeness (QED) is 0.213. The zero-order chi connectivity index (χ0) is 23.2. The highest BCUT2D eigenvalue weighted by Gasteiger charge is 2.10. The molecular weight excluding hydrogens is 566 g/mol. The van der Waals surface area contributed by atoms with Crippen molar-refractivity contribution in [2.45, 2.75) is 0 Å². The van der Waals surface area contributed by atoms with Gasteiger partial charge in [0.25, 0.3) is 5.91 Å². The Kier molecular flexibility index (Phi) is 7.59. The summed E-state index contributed by atoms with van der Waals surface area (Å²) in [6, 6.07) is 27.3. The minimum atomic E-state index is -0.349. The van der Waals surface area contributed by atoms with Crippen molar-refractivity contribution in [2.24, 2.45) is 0 Å². The van der Waals surface area contributed by atoms with E-state index < -0.39 is 0 Å². The first kappa shape index (κ1) is 23.2. The monoisotopic (exact) mass is 583 g/mol. The summed E-state index contributed by atoms with van der Waals surface area (Å²) < 4.78 is 7.49. The van der Waals surface area contributed by atoms with Crippen LogP contribution in [0.15, 0.2) is 93.9 Å². The second-order valence-electron chi connectivity index (χ2n) is 7.10. The number of thiocarbonyl (C=S) groups is 1. The Hall–Kier alpha value is -2.94. The molecule has 3 N–H and O–H groups in total. The van der Waals surface area contributed by atoms with Crippen LogP contribution >= 0.6 is 44.1 Å². The molecule has 0 saturated carbocycles. The SMILES string of the molecule is O=C(COc1ccc2cc(Br)ccc2c1Br)NC(=S)Nc1ccc(Nc2ccccc2)cc1. The zero-order valence-corrected chi connectivity index (χ0v) is 21.3. The number of anilines is 3. The van der Waals surface area contributed by atoms with Crippen LogP contribution < -0.4 is 20.7 Å². The maximum Gasteiger partial charge on any atom is 0.264 e. The molecule has 0 aromatic heterocycles. The smallest absolute Gasteiger partial charge is 0.264 e. The highest BCUT2D eigenvalue weighted by molar-refractivity contribution is 9.11. The lowest BCUT2D eigenvalue weighted by atomic mass is 10.1. The van der Waals surface area contributed by atoms with Crippen molar-refractivity contribution in [1.29, 1.82) is 0 Å². The average Bonchev–Trinajstić information content (AvgIpc) is 2.80. The van der Waals surface area contributed by atoms with Crippen LogP contribution in [0, 0.1) is 0 Å². The number of hydrogen-bond acceptors (Lipinski definition) is 4. The molecule has 5 nitrogen and oxygen atoms in total. The van der Waals surface area contributed by atoms with Crippen molar-refractivity contribution >= 4 is 82.9 Å². The number of nitrogens with one attached hydrogen (secondary N) is 3. The number of ether oxygens (including phenoxy) is 1. The predicted octanol–water partition coefficient (Wildman–Crippen LogP) is 7.00. The van der Waals surface area contributed by atoms with E-state index in [4.69, 9.17) is 17.0 Å². The van der Waals surface area contributed by atoms with Gasteiger partial charge in [-0.25, -0.2) is 0 Å². The van der Waals surface area contributed by atoms with E-state index in [0.29, 0.717) is 5.75 Å². The molecule has 0 heterocycles. The molecule has 0 saturated heterocycles. The van der Waals surface area contributed by atoms with Crippen LogP contribution in [0.25, 0.3) is 10.8 Å². The van der Waals surface area contributed by atoms with Gasteiger partial charge in [0.2, 0.25) is 0 Å². The van der Waals surface area contributed by atoms with Gasteiger partial charge in [-0.05, 0) is 93.5 Å². The second-order valence-corrected chi connectivity index (χ2v) is 9.22. The molecule has 4 aromatic rings. The number of halogens is 2. The van der Waals surface area contributed by atoms with Crippen LogP contribution in [0.5, 0.6) is 5.75 Å². The summed E-state index contributed by atoms with van der Waals surface area (Å²) in [4.78, 5) is 12.3. The Labute approximate surface area is 213 Å². The molecule has 8 heteroatoms. The van der Waals surface area contributed by atoms with Crippen LogP contribution in [-0.4, -0.2) is 17.6 Å². The Morgan fingerprint density at radius 3 is 2.30 bits per heavy atom. The second kappa shape index (κ2) is 10.8. The van der Waals surface area contributed by atoms with Gasteiger partial charge in [-0.2, -0.15) is 0 Å². The molecule has 0 unspecified atom stereocenters. The van der Waals surface area contributed by atoms with Gasteiger partial charge in [0.05, 0.1) is 4.47 Å². The van der Waals surface area contributed by atoms with Gasteiger partial charge >= 0.3 is 0 Å². The first-order valence-electron chi connectivity index (χ1n) is 10.0. The molecule has 0 radical (unpaired) electrons. The molecule has 0 fully saturated rings. The van der Waals surface area contributed by atoms with Crippen molar-refractivity contribution in [3.63, 3.8) is 0 Å². The zero-order valence-electron chi connectivity index (χ0n) is 17.3. The normalized spacial score (nSPS) is 10.5. The lowest BCUT2D eigenvalue weighted by molar-refractivity contribution is -0.121. The van der Waals surface area contributed by atoms with Crippen molar-refractivity contribution in [2.75, 3.05) is 17.2 Å². The molecule has 0 spiro atoms. The Morgan fingerprint density at radius 1 is 0.848 bits per heavy atom. The van der Waals surface area contributed by atoms with Gasteiger partial charge < -0.3 is 15.4 Å². The minimum absolute atomic E-state index is 0.164. The van der Waals surface area contributed by atoms with Crippen LogP contribution in [0.2, 0.25) is 0 Å². The van der Waals surface area contributed by atoms with E-state index in [1.165, 1.54) is 0 Å². The van der Waals surface area contributed by atoms with Gasteiger partial charge in [0.15, 0.2) is 11.7 Å². The molecule has 0 bridgehead atoms. The van der Waals surface area contributed by atoms with E-state index in [1.54, 1.807) is 0 Å². The van der Waals surface area contributed by atoms with E-state index in [2.05, 4.69) is 47.8 Å². The van der Waals surface area contributed by atoms with Gasteiger partial charge in [-0.1, -0.05) is 46.3 Å². The molecule has 0 aliphatic carbocycles. The maximum atomic E-state index is 12.3. The molecule has 4 rings (SSSR count). The van der Waals surface area contributed by atoms with Gasteiger partial charge in [0.1, 0.15) is 5.75 Å². The molecule has 0 atom stereocenters. The van der Waals surface area contributed by atoms with Crippen LogP contribution in [0.1, 0.15) is 0 Å². The van der Waals surface area contributed by atoms with E-state index in [1.807, 2.05) is 84.9 Å². The van der Waals surface area contributed by atoms with Crippen LogP contribution in [0.4, 0.5) is 17.1 Å². The molecular formula is C25H19Br2N3O2S. The predicted molar refractivity (Wildman–Crippen MR) is 145 cm³/mol. The lowest BCUT2D eigenvalue weighted by Gasteiger charge is -2.13. The standard InChI is InChI=1S/C25H19Br2N3O2S/c26-17-7-12-21-16(14-17)6-13-22(24(21)27)32-15-23(31)30-25(33)29-20-10-8-19(9-11-20)28-18-4-2-1-3-5-18/h1-14,28H,15H2,(H2,29,30,31,33). The number of benzene rings is 4. The number of hydrogen-bond donors (Lipinski definition) is 3. The molecule has 1 amide bonds. The largest absolute Gasteiger partial charge is 0.483 e. The third-order valence-electron chi connectivity index (χ3n) is 4.70. The summed E-state index contributed by atoms with van der Waals surface area (Å²) in [5.41, 5.74) is 2.72. The molecule has 0 aliphatic rings. The van der Waals surface area contributed by atoms with Crippen molar-refractivity contribution < 1.29 is 9.53 Å². The van der Waals surface area contributed by atoms with Gasteiger partial charge in [0, 0.05) is 21.5 Å². The molecule has 4 aromatic carbocycles. The Bertz CT molecular complexity index is 1300. The first-order valence-corrected chi connectivity index (χ1v) is 12.0. The summed E-state index contributed by atoms with van der Waals surface area (Å²) in [6.07, 6.45) is 0. The van der Waals surface area contributed by atoms with Gasteiger partial charge in [-0.3, -0.25) is 10.1 Å². The lowest BCUT2D eigenvalue weighted by Crippen LogP contribution is -2.37. The van der Waals surface area contributed by atoms with E-state index in [9.17, 15) is 4.79 Å². The highest BCUT2D eigenvalue weighted by Crippen LogP contribution is 2.34. The fraction of sp³-hybridized carbons (Fsp3) is 0.0400.